The smallest absolute Gasteiger partial charge is 0.233 e. The zero-order valence-corrected chi connectivity index (χ0v) is 12.9. The molecule has 0 radical (unpaired) electrons. The van der Waals surface area contributed by atoms with Gasteiger partial charge in [-0.25, -0.2) is 9.37 Å². The normalized spacial score (nSPS) is 10.8. The van der Waals surface area contributed by atoms with Gasteiger partial charge in [-0.3, -0.25) is 9.69 Å². The molecule has 0 fully saturated rings. The van der Waals surface area contributed by atoms with E-state index in [2.05, 4.69) is 4.98 Å². The Morgan fingerprint density at radius 3 is 2.77 bits per heavy atom. The highest BCUT2D eigenvalue weighted by atomic mass is 32.1. The third-order valence-corrected chi connectivity index (χ3v) is 4.43. The van der Waals surface area contributed by atoms with Crippen LogP contribution in [0.1, 0.15) is 12.5 Å². The summed E-state index contributed by atoms with van der Waals surface area (Å²) in [6.45, 7) is 2.45. The van der Waals surface area contributed by atoms with Crippen LogP contribution in [0, 0.1) is 5.82 Å². The third-order valence-electron chi connectivity index (χ3n) is 3.38. The largest absolute Gasteiger partial charge is 0.288 e. The zero-order valence-electron chi connectivity index (χ0n) is 12.1. The van der Waals surface area contributed by atoms with Crippen molar-refractivity contribution in [2.75, 3.05) is 11.4 Å². The molecule has 0 atom stereocenters. The summed E-state index contributed by atoms with van der Waals surface area (Å²) in [7, 11) is 0. The van der Waals surface area contributed by atoms with E-state index in [0.29, 0.717) is 17.2 Å². The maximum Gasteiger partial charge on any atom is 0.233 e. The maximum absolute atomic E-state index is 13.2. The molecule has 3 aromatic rings. The Balaban J connectivity index is 1.85. The van der Waals surface area contributed by atoms with Crippen LogP contribution in [0.4, 0.5) is 9.52 Å². The number of nitrogens with zero attached hydrogens (tertiary/aromatic N) is 2. The average molecular weight is 314 g/mol. The fourth-order valence-corrected chi connectivity index (χ4v) is 3.36. The molecule has 0 N–H and O–H groups in total. The van der Waals surface area contributed by atoms with E-state index < -0.39 is 0 Å². The highest BCUT2D eigenvalue weighted by molar-refractivity contribution is 7.22. The minimum Gasteiger partial charge on any atom is -0.288 e. The van der Waals surface area contributed by atoms with Crippen molar-refractivity contribution in [2.45, 2.75) is 13.3 Å². The molecule has 112 valence electrons. The molecule has 0 aliphatic rings. The number of halogens is 1. The predicted molar refractivity (Wildman–Crippen MR) is 87.8 cm³/mol. The number of anilines is 1. The Labute approximate surface area is 132 Å². The van der Waals surface area contributed by atoms with Gasteiger partial charge < -0.3 is 0 Å². The van der Waals surface area contributed by atoms with E-state index in [-0.39, 0.29) is 18.1 Å². The number of rotatable bonds is 4. The Morgan fingerprint density at radius 2 is 2.05 bits per heavy atom. The fourth-order valence-electron chi connectivity index (χ4n) is 2.31. The first-order valence-corrected chi connectivity index (χ1v) is 7.89. The number of likely N-dealkylation sites (N-methyl/N-ethyl adjacent to an activating group) is 1. The van der Waals surface area contributed by atoms with Crippen molar-refractivity contribution in [2.24, 2.45) is 0 Å². The van der Waals surface area contributed by atoms with Gasteiger partial charge >= 0.3 is 0 Å². The number of para-hydroxylation sites is 1. The van der Waals surface area contributed by atoms with Gasteiger partial charge in [-0.05, 0) is 36.8 Å². The summed E-state index contributed by atoms with van der Waals surface area (Å²) in [5.74, 6) is -0.402. The van der Waals surface area contributed by atoms with Crippen molar-refractivity contribution in [1.82, 2.24) is 4.98 Å². The van der Waals surface area contributed by atoms with Crippen molar-refractivity contribution in [3.05, 3.63) is 59.9 Å². The number of aromatic nitrogens is 1. The van der Waals surface area contributed by atoms with E-state index in [1.54, 1.807) is 17.0 Å². The molecule has 0 aliphatic heterocycles. The molecule has 3 rings (SSSR count). The van der Waals surface area contributed by atoms with E-state index >= 15 is 0 Å². The first-order valence-electron chi connectivity index (χ1n) is 7.07. The molecular weight excluding hydrogens is 299 g/mol. The summed E-state index contributed by atoms with van der Waals surface area (Å²) in [5.41, 5.74) is 1.56. The van der Waals surface area contributed by atoms with Crippen LogP contribution in [0.15, 0.2) is 48.5 Å². The number of carbonyl (C=O) groups is 1. The van der Waals surface area contributed by atoms with E-state index in [1.165, 1.54) is 23.5 Å². The molecule has 5 heteroatoms. The summed E-state index contributed by atoms with van der Waals surface area (Å²) in [5, 5.41) is 0.685. The van der Waals surface area contributed by atoms with Crippen LogP contribution in [0.3, 0.4) is 0 Å². The van der Waals surface area contributed by atoms with Gasteiger partial charge in [0.25, 0.3) is 0 Å². The lowest BCUT2D eigenvalue weighted by molar-refractivity contribution is -0.117. The monoisotopic (exact) mass is 314 g/mol. The summed E-state index contributed by atoms with van der Waals surface area (Å²) < 4.78 is 14.3. The maximum atomic E-state index is 13.2. The number of benzene rings is 2. The van der Waals surface area contributed by atoms with E-state index in [1.807, 2.05) is 31.2 Å². The molecular formula is C17H15FN2OS. The number of carbonyl (C=O) groups excluding carboxylic acids is 1. The van der Waals surface area contributed by atoms with Gasteiger partial charge in [0, 0.05) is 6.54 Å². The molecule has 1 heterocycles. The third kappa shape index (κ3) is 2.99. The lowest BCUT2D eigenvalue weighted by atomic mass is 10.1. The van der Waals surface area contributed by atoms with E-state index in [0.717, 1.165) is 10.2 Å². The fraction of sp³-hybridized carbons (Fsp3) is 0.176. The first-order chi connectivity index (χ1) is 10.7. The average Bonchev–Trinajstić information content (AvgIpc) is 2.91. The second-order valence-electron chi connectivity index (χ2n) is 4.91. The van der Waals surface area contributed by atoms with Gasteiger partial charge in [0.2, 0.25) is 5.91 Å². The van der Waals surface area contributed by atoms with Gasteiger partial charge in [0.15, 0.2) is 5.13 Å². The van der Waals surface area contributed by atoms with Gasteiger partial charge in [-0.1, -0.05) is 35.6 Å². The number of fused-ring (bicyclic) bond motifs is 1. The van der Waals surface area contributed by atoms with Crippen LogP contribution in [-0.4, -0.2) is 17.4 Å². The molecule has 0 unspecified atom stereocenters. The van der Waals surface area contributed by atoms with Crippen molar-refractivity contribution < 1.29 is 9.18 Å². The molecule has 0 saturated carbocycles. The molecule has 0 aliphatic carbocycles. The topological polar surface area (TPSA) is 33.2 Å². The predicted octanol–water partition coefficient (Wildman–Crippen LogP) is 4.03. The molecule has 22 heavy (non-hydrogen) atoms. The number of hydrogen-bond donors (Lipinski definition) is 0. The second-order valence-corrected chi connectivity index (χ2v) is 5.92. The zero-order chi connectivity index (χ0) is 15.5. The molecule has 0 bridgehead atoms. The van der Waals surface area contributed by atoms with Gasteiger partial charge in [0.1, 0.15) is 5.82 Å². The molecule has 1 amide bonds. The van der Waals surface area contributed by atoms with Crippen molar-refractivity contribution >= 4 is 32.6 Å². The Hall–Kier alpha value is -2.27. The SMILES string of the molecule is CCN(C(=O)Cc1cccc(F)c1)c1nc2ccccc2s1. The molecule has 0 spiro atoms. The van der Waals surface area contributed by atoms with Crippen LogP contribution < -0.4 is 4.90 Å². The second kappa shape index (κ2) is 6.23. The Morgan fingerprint density at radius 1 is 1.23 bits per heavy atom. The van der Waals surface area contributed by atoms with Crippen LogP contribution in [0.2, 0.25) is 0 Å². The minimum absolute atomic E-state index is 0.0767. The van der Waals surface area contributed by atoms with Crippen LogP contribution in [-0.2, 0) is 11.2 Å². The molecule has 3 nitrogen and oxygen atoms in total. The summed E-state index contributed by atoms with van der Waals surface area (Å²) in [6, 6.07) is 13.9. The standard InChI is InChI=1S/C17H15FN2OS/c1-2-20(16(21)11-12-6-5-7-13(18)10-12)17-19-14-8-3-4-9-15(14)22-17/h3-10H,2,11H2,1H3. The highest BCUT2D eigenvalue weighted by Gasteiger charge is 2.18. The first kappa shape index (κ1) is 14.7. The van der Waals surface area contributed by atoms with Gasteiger partial charge in [-0.15, -0.1) is 0 Å². The lowest BCUT2D eigenvalue weighted by Crippen LogP contribution is -2.31. The number of amides is 1. The van der Waals surface area contributed by atoms with Crippen LogP contribution in [0.25, 0.3) is 10.2 Å². The van der Waals surface area contributed by atoms with Gasteiger partial charge in [0.05, 0.1) is 16.6 Å². The Bertz CT molecular complexity index is 782. The number of hydrogen-bond acceptors (Lipinski definition) is 3. The lowest BCUT2D eigenvalue weighted by Gasteiger charge is -2.17. The molecule has 1 aromatic heterocycles. The van der Waals surface area contributed by atoms with Crippen molar-refractivity contribution in [1.29, 1.82) is 0 Å². The van der Waals surface area contributed by atoms with E-state index in [9.17, 15) is 9.18 Å². The number of thiazole rings is 1. The van der Waals surface area contributed by atoms with Crippen LogP contribution >= 0.6 is 11.3 Å². The minimum atomic E-state index is -0.326. The Kier molecular flexibility index (Phi) is 4.15. The van der Waals surface area contributed by atoms with Crippen molar-refractivity contribution in [3.63, 3.8) is 0 Å². The summed E-state index contributed by atoms with van der Waals surface area (Å²) >= 11 is 1.49. The van der Waals surface area contributed by atoms with Crippen molar-refractivity contribution in [3.8, 4) is 0 Å². The quantitative estimate of drug-likeness (QED) is 0.728. The molecule has 2 aromatic carbocycles. The summed E-state index contributed by atoms with van der Waals surface area (Å²) in [4.78, 5) is 18.7. The summed E-state index contributed by atoms with van der Waals surface area (Å²) in [6.07, 6.45) is 0.168. The highest BCUT2D eigenvalue weighted by Crippen LogP contribution is 2.28. The molecule has 0 saturated heterocycles. The van der Waals surface area contributed by atoms with Gasteiger partial charge in [-0.2, -0.15) is 0 Å². The van der Waals surface area contributed by atoms with Crippen LogP contribution in [0.5, 0.6) is 0 Å². The van der Waals surface area contributed by atoms with E-state index in [4.69, 9.17) is 0 Å².